The van der Waals surface area contributed by atoms with Crippen molar-refractivity contribution in [3.63, 3.8) is 0 Å². The third-order valence-corrected chi connectivity index (χ3v) is 3.69. The van der Waals surface area contributed by atoms with E-state index in [1.54, 1.807) is 7.11 Å². The molecule has 0 bridgehead atoms. The highest BCUT2D eigenvalue weighted by molar-refractivity contribution is 5.56. The highest BCUT2D eigenvalue weighted by Gasteiger charge is 2.12. The summed E-state index contributed by atoms with van der Waals surface area (Å²) >= 11 is 0. The lowest BCUT2D eigenvalue weighted by Crippen LogP contribution is -2.31. The van der Waals surface area contributed by atoms with Gasteiger partial charge in [0, 0.05) is 19.3 Å². The lowest BCUT2D eigenvalue weighted by molar-refractivity contribution is 0.408. The molecule has 1 unspecified atom stereocenters. The lowest BCUT2D eigenvalue weighted by Gasteiger charge is -2.26. The number of hydrogen-bond acceptors (Lipinski definition) is 3. The molecule has 0 aliphatic rings. The average molecular weight is 264 g/mol. The molecule has 0 aliphatic heterocycles. The molecule has 0 saturated carbocycles. The predicted molar refractivity (Wildman–Crippen MR) is 83.4 cm³/mol. The monoisotopic (exact) mass is 264 g/mol. The van der Waals surface area contributed by atoms with E-state index in [0.29, 0.717) is 5.92 Å². The summed E-state index contributed by atoms with van der Waals surface area (Å²) in [5.74, 6) is 1.68. The van der Waals surface area contributed by atoms with Crippen molar-refractivity contribution in [3.05, 3.63) is 23.3 Å². The van der Waals surface area contributed by atoms with Crippen LogP contribution in [0.2, 0.25) is 0 Å². The summed E-state index contributed by atoms with van der Waals surface area (Å²) in [4.78, 5) is 2.34. The molecule has 108 valence electrons. The van der Waals surface area contributed by atoms with Gasteiger partial charge >= 0.3 is 0 Å². The lowest BCUT2D eigenvalue weighted by atomic mass is 10.0. The maximum atomic E-state index is 5.42. The maximum Gasteiger partial charge on any atom is 0.124 e. The fraction of sp³-hybridized carbons (Fsp3) is 0.625. The SMILES string of the molecule is CCC(CNC)CN(C)c1cc(C)c(OC)c(C)c1. The van der Waals surface area contributed by atoms with Gasteiger partial charge in [-0.15, -0.1) is 0 Å². The van der Waals surface area contributed by atoms with Gasteiger partial charge in [-0.2, -0.15) is 0 Å². The van der Waals surface area contributed by atoms with Gasteiger partial charge in [-0.05, 0) is 56.6 Å². The van der Waals surface area contributed by atoms with Crippen molar-refractivity contribution in [2.24, 2.45) is 5.92 Å². The minimum atomic E-state index is 0.678. The number of anilines is 1. The van der Waals surface area contributed by atoms with Gasteiger partial charge in [0.15, 0.2) is 0 Å². The highest BCUT2D eigenvalue weighted by atomic mass is 16.5. The van der Waals surface area contributed by atoms with E-state index in [1.165, 1.54) is 23.2 Å². The van der Waals surface area contributed by atoms with E-state index >= 15 is 0 Å². The summed E-state index contributed by atoms with van der Waals surface area (Å²) in [6.07, 6.45) is 1.19. The van der Waals surface area contributed by atoms with Crippen LogP contribution in [0.1, 0.15) is 24.5 Å². The number of nitrogens with zero attached hydrogens (tertiary/aromatic N) is 1. The predicted octanol–water partition coefficient (Wildman–Crippen LogP) is 2.99. The zero-order valence-corrected chi connectivity index (χ0v) is 13.2. The number of hydrogen-bond donors (Lipinski definition) is 1. The number of benzene rings is 1. The zero-order chi connectivity index (χ0) is 14.4. The van der Waals surface area contributed by atoms with Gasteiger partial charge in [0.05, 0.1) is 7.11 Å². The molecule has 0 spiro atoms. The van der Waals surface area contributed by atoms with E-state index < -0.39 is 0 Å². The molecule has 3 heteroatoms. The molecule has 0 radical (unpaired) electrons. The van der Waals surface area contributed by atoms with E-state index in [2.05, 4.69) is 50.2 Å². The van der Waals surface area contributed by atoms with Crippen LogP contribution in [-0.4, -0.2) is 34.3 Å². The minimum absolute atomic E-state index is 0.678. The molecule has 0 saturated heterocycles. The van der Waals surface area contributed by atoms with Crippen LogP contribution in [0.4, 0.5) is 5.69 Å². The molecule has 0 aliphatic carbocycles. The fourth-order valence-electron chi connectivity index (χ4n) is 2.59. The van der Waals surface area contributed by atoms with Gasteiger partial charge in [0.2, 0.25) is 0 Å². The summed E-state index contributed by atoms with van der Waals surface area (Å²) in [6, 6.07) is 4.41. The molecule has 1 aromatic carbocycles. The Balaban J connectivity index is 2.85. The molecule has 0 fully saturated rings. The van der Waals surface area contributed by atoms with Crippen molar-refractivity contribution in [2.45, 2.75) is 27.2 Å². The van der Waals surface area contributed by atoms with Crippen molar-refractivity contribution in [1.82, 2.24) is 5.32 Å². The smallest absolute Gasteiger partial charge is 0.124 e. The van der Waals surface area contributed by atoms with Gasteiger partial charge in [-0.3, -0.25) is 0 Å². The van der Waals surface area contributed by atoms with E-state index in [-0.39, 0.29) is 0 Å². The van der Waals surface area contributed by atoms with Crippen LogP contribution >= 0.6 is 0 Å². The van der Waals surface area contributed by atoms with Crippen molar-refractivity contribution in [3.8, 4) is 5.75 Å². The summed E-state index contributed by atoms with van der Waals surface area (Å²) in [5.41, 5.74) is 3.67. The molecule has 1 atom stereocenters. The Kier molecular flexibility index (Phi) is 6.16. The maximum absolute atomic E-state index is 5.42. The van der Waals surface area contributed by atoms with Gasteiger partial charge < -0.3 is 15.0 Å². The molecule has 0 amide bonds. The Hall–Kier alpha value is -1.22. The van der Waals surface area contributed by atoms with Gasteiger partial charge in [-0.25, -0.2) is 0 Å². The molecule has 1 N–H and O–H groups in total. The van der Waals surface area contributed by atoms with E-state index in [9.17, 15) is 0 Å². The van der Waals surface area contributed by atoms with Crippen molar-refractivity contribution >= 4 is 5.69 Å². The molecule has 3 nitrogen and oxygen atoms in total. The molecule has 1 rings (SSSR count). The normalized spacial score (nSPS) is 12.3. The summed E-state index contributed by atoms with van der Waals surface area (Å²) in [7, 11) is 5.92. The Morgan fingerprint density at radius 1 is 1.26 bits per heavy atom. The second kappa shape index (κ2) is 7.39. The summed E-state index contributed by atoms with van der Waals surface area (Å²) in [5, 5.41) is 3.27. The first-order chi connectivity index (χ1) is 9.03. The van der Waals surface area contributed by atoms with Crippen LogP contribution in [0.15, 0.2) is 12.1 Å². The van der Waals surface area contributed by atoms with E-state index in [4.69, 9.17) is 4.74 Å². The molecular weight excluding hydrogens is 236 g/mol. The number of nitrogens with one attached hydrogen (secondary N) is 1. The average Bonchev–Trinajstić information content (AvgIpc) is 2.37. The zero-order valence-electron chi connectivity index (χ0n) is 13.2. The van der Waals surface area contributed by atoms with Gasteiger partial charge in [0.25, 0.3) is 0 Å². The van der Waals surface area contributed by atoms with Crippen molar-refractivity contribution in [1.29, 1.82) is 0 Å². The second-order valence-electron chi connectivity index (χ2n) is 5.33. The molecule has 0 heterocycles. The van der Waals surface area contributed by atoms with Crippen LogP contribution < -0.4 is 15.0 Å². The first kappa shape index (κ1) is 15.8. The van der Waals surface area contributed by atoms with Crippen LogP contribution in [0, 0.1) is 19.8 Å². The Morgan fingerprint density at radius 2 is 1.84 bits per heavy atom. The Bertz CT molecular complexity index is 381. The number of rotatable bonds is 7. The molecule has 0 aromatic heterocycles. The molecule has 19 heavy (non-hydrogen) atoms. The number of methoxy groups -OCH3 is 1. The topological polar surface area (TPSA) is 24.5 Å². The highest BCUT2D eigenvalue weighted by Crippen LogP contribution is 2.28. The Labute approximate surface area is 118 Å². The van der Waals surface area contributed by atoms with E-state index in [0.717, 1.165) is 18.8 Å². The van der Waals surface area contributed by atoms with Gasteiger partial charge in [-0.1, -0.05) is 13.3 Å². The van der Waals surface area contributed by atoms with Crippen LogP contribution in [0.25, 0.3) is 0 Å². The summed E-state index contributed by atoms with van der Waals surface area (Å²) in [6.45, 7) is 8.60. The molecule has 1 aromatic rings. The van der Waals surface area contributed by atoms with Crippen LogP contribution in [0.3, 0.4) is 0 Å². The minimum Gasteiger partial charge on any atom is -0.496 e. The van der Waals surface area contributed by atoms with Crippen LogP contribution in [0.5, 0.6) is 5.75 Å². The third kappa shape index (κ3) is 4.13. The van der Waals surface area contributed by atoms with Crippen LogP contribution in [-0.2, 0) is 0 Å². The van der Waals surface area contributed by atoms with Crippen molar-refractivity contribution < 1.29 is 4.74 Å². The van der Waals surface area contributed by atoms with Crippen molar-refractivity contribution in [2.75, 3.05) is 39.2 Å². The summed E-state index contributed by atoms with van der Waals surface area (Å²) < 4.78 is 5.42. The second-order valence-corrected chi connectivity index (χ2v) is 5.33. The first-order valence-corrected chi connectivity index (χ1v) is 7.04. The first-order valence-electron chi connectivity index (χ1n) is 7.04. The fourth-order valence-corrected chi connectivity index (χ4v) is 2.59. The quantitative estimate of drug-likeness (QED) is 0.819. The van der Waals surface area contributed by atoms with E-state index in [1.807, 2.05) is 7.05 Å². The third-order valence-electron chi connectivity index (χ3n) is 3.69. The van der Waals surface area contributed by atoms with Gasteiger partial charge in [0.1, 0.15) is 5.75 Å². The number of aryl methyl sites for hydroxylation is 2. The molecular formula is C16H28N2O. The largest absolute Gasteiger partial charge is 0.496 e. The standard InChI is InChI=1S/C16H28N2O/c1-7-14(10-17-4)11-18(5)15-8-12(2)16(19-6)13(3)9-15/h8-9,14,17H,7,10-11H2,1-6H3. The Morgan fingerprint density at radius 3 is 2.26 bits per heavy atom. The number of ether oxygens (including phenoxy) is 1.